The topological polar surface area (TPSA) is 46.3 Å². The molecule has 2 N–H and O–H groups in total. The maximum Gasteiger partial charge on any atom is 0.233 e. The summed E-state index contributed by atoms with van der Waals surface area (Å²) in [5.41, 5.74) is 6.03. The van der Waals surface area contributed by atoms with Crippen molar-refractivity contribution in [2.24, 2.45) is 5.73 Å². The van der Waals surface area contributed by atoms with E-state index in [0.29, 0.717) is 5.91 Å². The van der Waals surface area contributed by atoms with Crippen LogP contribution in [0.5, 0.6) is 0 Å². The van der Waals surface area contributed by atoms with Gasteiger partial charge in [-0.1, -0.05) is 37.3 Å². The number of rotatable bonds is 5. The van der Waals surface area contributed by atoms with Crippen LogP contribution in [0, 0.1) is 0 Å². The van der Waals surface area contributed by atoms with Gasteiger partial charge in [0.2, 0.25) is 5.91 Å². The summed E-state index contributed by atoms with van der Waals surface area (Å²) < 4.78 is 0. The molecule has 1 aliphatic rings. The number of amides is 1. The largest absolute Gasteiger partial charge is 0.342 e. The maximum atomic E-state index is 12.4. The van der Waals surface area contributed by atoms with Crippen molar-refractivity contribution in [1.29, 1.82) is 0 Å². The number of likely N-dealkylation sites (N-methyl/N-ethyl adjacent to an activating group) is 1. The molecule has 0 unspecified atom stereocenters. The molecule has 3 heteroatoms. The predicted molar refractivity (Wildman–Crippen MR) is 84.6 cm³/mol. The summed E-state index contributed by atoms with van der Waals surface area (Å²) in [7, 11) is 0. The molecular weight excluding hydrogens is 248 g/mol. The first-order valence-electron chi connectivity index (χ1n) is 7.71. The summed E-state index contributed by atoms with van der Waals surface area (Å²) in [5.74, 6) is 0.309. The Morgan fingerprint density at radius 1 is 1.15 bits per heavy atom. The highest BCUT2D eigenvalue weighted by atomic mass is 16.2. The summed E-state index contributed by atoms with van der Waals surface area (Å²) in [6.45, 7) is 8.58. The Balaban J connectivity index is 0.000000444. The molecule has 2 rings (SSSR count). The fraction of sp³-hybridized carbons (Fsp3) is 0.588. The Hall–Kier alpha value is -1.35. The molecule has 0 saturated heterocycles. The van der Waals surface area contributed by atoms with Crippen LogP contribution in [-0.2, 0) is 10.2 Å². The summed E-state index contributed by atoms with van der Waals surface area (Å²) in [4.78, 5) is 14.4. The number of carbonyl (C=O) groups is 1. The lowest BCUT2D eigenvalue weighted by molar-refractivity contribution is -0.133. The smallest absolute Gasteiger partial charge is 0.233 e. The molecule has 112 valence electrons. The molecule has 1 aromatic carbocycles. The molecule has 0 spiro atoms. The lowest BCUT2D eigenvalue weighted by Gasteiger charge is -2.25. The number of nitrogens with two attached hydrogens (primary N) is 1. The van der Waals surface area contributed by atoms with Gasteiger partial charge in [-0.15, -0.1) is 0 Å². The number of hydrogen-bond donors (Lipinski definition) is 1. The molecule has 1 aliphatic carbocycles. The van der Waals surface area contributed by atoms with Crippen LogP contribution in [0.25, 0.3) is 0 Å². The lowest BCUT2D eigenvalue weighted by Crippen LogP contribution is -2.39. The van der Waals surface area contributed by atoms with Crippen LogP contribution >= 0.6 is 0 Å². The summed E-state index contributed by atoms with van der Waals surface area (Å²) >= 11 is 0. The standard InChI is InChI=1S/C14H19NO.C3H9N/c1-3-15(4-2)13(16)14(10-11-14)12-8-6-5-7-9-12;1-2-3-4/h5-9H,3-4,10-11H2,1-2H3;2-4H2,1H3. The van der Waals surface area contributed by atoms with Crippen LogP contribution in [-0.4, -0.2) is 30.4 Å². The minimum Gasteiger partial charge on any atom is -0.342 e. The average molecular weight is 276 g/mol. The van der Waals surface area contributed by atoms with Gasteiger partial charge in [-0.3, -0.25) is 4.79 Å². The van der Waals surface area contributed by atoms with Crippen molar-refractivity contribution in [3.05, 3.63) is 35.9 Å². The highest BCUT2D eigenvalue weighted by molar-refractivity contribution is 5.91. The molecule has 3 nitrogen and oxygen atoms in total. The zero-order valence-corrected chi connectivity index (χ0v) is 13.1. The van der Waals surface area contributed by atoms with E-state index in [4.69, 9.17) is 5.73 Å². The van der Waals surface area contributed by atoms with Crippen molar-refractivity contribution in [2.45, 2.75) is 45.4 Å². The summed E-state index contributed by atoms with van der Waals surface area (Å²) in [5, 5.41) is 0. The van der Waals surface area contributed by atoms with Crippen LogP contribution in [0.1, 0.15) is 45.6 Å². The molecule has 0 aromatic heterocycles. The first kappa shape index (κ1) is 16.7. The molecule has 1 fully saturated rings. The van der Waals surface area contributed by atoms with Crippen molar-refractivity contribution in [2.75, 3.05) is 19.6 Å². The van der Waals surface area contributed by atoms with E-state index >= 15 is 0 Å². The van der Waals surface area contributed by atoms with Gasteiger partial charge in [-0.2, -0.15) is 0 Å². The van der Waals surface area contributed by atoms with Gasteiger partial charge < -0.3 is 10.6 Å². The van der Waals surface area contributed by atoms with E-state index in [2.05, 4.69) is 19.1 Å². The van der Waals surface area contributed by atoms with Crippen molar-refractivity contribution in [3.63, 3.8) is 0 Å². The number of nitrogens with zero attached hydrogens (tertiary/aromatic N) is 1. The predicted octanol–water partition coefficient (Wildman–Crippen LogP) is 2.94. The molecule has 20 heavy (non-hydrogen) atoms. The number of carbonyl (C=O) groups excluding carboxylic acids is 1. The molecule has 0 atom stereocenters. The van der Waals surface area contributed by atoms with Crippen LogP contribution < -0.4 is 5.73 Å². The van der Waals surface area contributed by atoms with Crippen LogP contribution in [0.3, 0.4) is 0 Å². The SMILES string of the molecule is CCCN.CCN(CC)C(=O)C1(c2ccccc2)CC1. The van der Waals surface area contributed by atoms with E-state index in [-0.39, 0.29) is 5.41 Å². The second kappa shape index (κ2) is 8.05. The van der Waals surface area contributed by atoms with Gasteiger partial charge in [0.1, 0.15) is 0 Å². The zero-order valence-electron chi connectivity index (χ0n) is 13.1. The van der Waals surface area contributed by atoms with Crippen LogP contribution in [0.15, 0.2) is 30.3 Å². The Bertz CT molecular complexity index is 393. The quantitative estimate of drug-likeness (QED) is 0.898. The molecule has 0 aliphatic heterocycles. The second-order valence-electron chi connectivity index (χ2n) is 5.21. The van der Waals surface area contributed by atoms with Gasteiger partial charge in [0.15, 0.2) is 0 Å². The Morgan fingerprint density at radius 3 is 2.00 bits per heavy atom. The Kier molecular flexibility index (Phi) is 6.73. The van der Waals surface area contributed by atoms with Gasteiger partial charge in [-0.05, 0) is 45.2 Å². The summed E-state index contributed by atoms with van der Waals surface area (Å²) in [6, 6.07) is 10.2. The third-order valence-corrected chi connectivity index (χ3v) is 3.83. The van der Waals surface area contributed by atoms with E-state index in [1.165, 1.54) is 5.56 Å². The fourth-order valence-electron chi connectivity index (χ4n) is 2.32. The van der Waals surface area contributed by atoms with Gasteiger partial charge in [-0.25, -0.2) is 0 Å². The molecular formula is C17H28N2O. The highest BCUT2D eigenvalue weighted by Gasteiger charge is 2.52. The normalized spacial score (nSPS) is 15.0. The molecule has 1 aromatic rings. The maximum absolute atomic E-state index is 12.4. The number of benzene rings is 1. The van der Waals surface area contributed by atoms with Crippen molar-refractivity contribution in [3.8, 4) is 0 Å². The van der Waals surface area contributed by atoms with E-state index in [0.717, 1.165) is 38.9 Å². The van der Waals surface area contributed by atoms with E-state index in [9.17, 15) is 4.79 Å². The van der Waals surface area contributed by atoms with Crippen molar-refractivity contribution < 1.29 is 4.79 Å². The molecule has 1 amide bonds. The van der Waals surface area contributed by atoms with Crippen molar-refractivity contribution in [1.82, 2.24) is 4.90 Å². The minimum absolute atomic E-state index is 0.187. The monoisotopic (exact) mass is 276 g/mol. The van der Waals surface area contributed by atoms with Crippen LogP contribution in [0.2, 0.25) is 0 Å². The molecule has 0 radical (unpaired) electrons. The van der Waals surface area contributed by atoms with Crippen LogP contribution in [0.4, 0.5) is 0 Å². The van der Waals surface area contributed by atoms with Gasteiger partial charge in [0, 0.05) is 13.1 Å². The van der Waals surface area contributed by atoms with E-state index in [1.807, 2.05) is 36.9 Å². The first-order valence-corrected chi connectivity index (χ1v) is 7.71. The number of hydrogen-bond acceptors (Lipinski definition) is 2. The average Bonchev–Trinajstić information content (AvgIpc) is 3.31. The summed E-state index contributed by atoms with van der Waals surface area (Å²) in [6.07, 6.45) is 3.11. The van der Waals surface area contributed by atoms with Gasteiger partial charge >= 0.3 is 0 Å². The second-order valence-corrected chi connectivity index (χ2v) is 5.21. The van der Waals surface area contributed by atoms with Gasteiger partial charge in [0.05, 0.1) is 5.41 Å². The Labute approximate surface area is 123 Å². The molecule has 1 saturated carbocycles. The van der Waals surface area contributed by atoms with E-state index in [1.54, 1.807) is 0 Å². The zero-order chi connectivity index (χ0) is 15.0. The minimum atomic E-state index is -0.187. The third-order valence-electron chi connectivity index (χ3n) is 3.83. The fourth-order valence-corrected chi connectivity index (χ4v) is 2.32. The third kappa shape index (κ3) is 3.83. The van der Waals surface area contributed by atoms with Crippen molar-refractivity contribution >= 4 is 5.91 Å². The van der Waals surface area contributed by atoms with Gasteiger partial charge in [0.25, 0.3) is 0 Å². The Morgan fingerprint density at radius 2 is 1.65 bits per heavy atom. The molecule has 0 bridgehead atoms. The molecule has 0 heterocycles. The highest BCUT2D eigenvalue weighted by Crippen LogP contribution is 2.49. The van der Waals surface area contributed by atoms with E-state index < -0.39 is 0 Å². The lowest BCUT2D eigenvalue weighted by atomic mass is 9.94. The first-order chi connectivity index (χ1) is 9.66.